The molecule has 0 saturated heterocycles. The fraction of sp³-hybridized carbons (Fsp3) is 0.625. The molecular formula is C16H24N6O. The minimum absolute atomic E-state index is 0.0502. The van der Waals surface area contributed by atoms with Crippen molar-refractivity contribution in [2.45, 2.75) is 46.1 Å². The van der Waals surface area contributed by atoms with Crippen molar-refractivity contribution in [2.24, 2.45) is 5.92 Å². The highest BCUT2D eigenvalue weighted by Gasteiger charge is 2.29. The molecule has 0 aliphatic carbocycles. The maximum absolute atomic E-state index is 9.42. The summed E-state index contributed by atoms with van der Waals surface area (Å²) in [6.45, 7) is 8.46. The molecular weight excluding hydrogens is 292 g/mol. The second kappa shape index (κ2) is 8.19. The number of rotatable bonds is 8. The van der Waals surface area contributed by atoms with Crippen molar-refractivity contribution in [1.82, 2.24) is 9.97 Å². The van der Waals surface area contributed by atoms with Gasteiger partial charge in [0.25, 0.3) is 0 Å². The Balaban J connectivity index is 3.22. The van der Waals surface area contributed by atoms with Crippen LogP contribution >= 0.6 is 0 Å². The molecule has 7 heteroatoms. The Morgan fingerprint density at radius 1 is 1.30 bits per heavy atom. The van der Waals surface area contributed by atoms with E-state index in [0.717, 1.165) is 12.8 Å². The summed E-state index contributed by atoms with van der Waals surface area (Å²) in [5.41, 5.74) is -0.558. The van der Waals surface area contributed by atoms with Crippen molar-refractivity contribution in [1.29, 1.82) is 10.5 Å². The molecule has 0 amide bonds. The molecule has 1 atom stereocenters. The summed E-state index contributed by atoms with van der Waals surface area (Å²) in [6.07, 6.45) is 1.99. The Morgan fingerprint density at radius 3 is 2.48 bits per heavy atom. The lowest BCUT2D eigenvalue weighted by molar-refractivity contribution is 0.395. The molecule has 0 aliphatic heterocycles. The first-order chi connectivity index (χ1) is 10.9. The number of ether oxygens (including phenoxy) is 1. The van der Waals surface area contributed by atoms with E-state index >= 15 is 0 Å². The normalized spacial score (nSPS) is 12.9. The molecule has 0 bridgehead atoms. The van der Waals surface area contributed by atoms with E-state index in [0.29, 0.717) is 12.4 Å². The van der Waals surface area contributed by atoms with Crippen LogP contribution in [-0.4, -0.2) is 29.2 Å². The standard InChI is InChI=1S/C16H24N6O/c1-6-7-8-19-13-12(9-17)14(23-5)21-15(20-13)22-16(4,10-18)11(2)3/h11H,6-8H2,1-5H3,(H2,19,20,21,22). The second-order valence-electron chi connectivity index (χ2n) is 5.77. The molecule has 0 saturated carbocycles. The van der Waals surface area contributed by atoms with E-state index in [1.807, 2.05) is 13.8 Å². The fourth-order valence-electron chi connectivity index (χ4n) is 1.79. The van der Waals surface area contributed by atoms with Crippen molar-refractivity contribution in [3.8, 4) is 18.0 Å². The molecule has 0 aromatic carbocycles. The summed E-state index contributed by atoms with van der Waals surface area (Å²) in [5, 5.41) is 24.9. The van der Waals surface area contributed by atoms with Gasteiger partial charge in [0, 0.05) is 6.54 Å². The highest BCUT2D eigenvalue weighted by atomic mass is 16.5. The van der Waals surface area contributed by atoms with Crippen LogP contribution in [0.5, 0.6) is 5.88 Å². The van der Waals surface area contributed by atoms with Gasteiger partial charge >= 0.3 is 0 Å². The van der Waals surface area contributed by atoms with Crippen molar-refractivity contribution in [3.63, 3.8) is 0 Å². The fourth-order valence-corrected chi connectivity index (χ4v) is 1.79. The predicted octanol–water partition coefficient (Wildman–Crippen LogP) is 2.92. The number of nitriles is 2. The van der Waals surface area contributed by atoms with Crippen molar-refractivity contribution in [2.75, 3.05) is 24.3 Å². The average Bonchev–Trinajstić information content (AvgIpc) is 2.54. The topological polar surface area (TPSA) is 107 Å². The van der Waals surface area contributed by atoms with Crippen LogP contribution in [0.1, 0.15) is 46.1 Å². The number of nitrogens with zero attached hydrogens (tertiary/aromatic N) is 4. The Kier molecular flexibility index (Phi) is 6.59. The quantitative estimate of drug-likeness (QED) is 0.710. The molecule has 1 rings (SSSR count). The Hall–Kier alpha value is -2.54. The Morgan fingerprint density at radius 2 is 2.00 bits per heavy atom. The van der Waals surface area contributed by atoms with Gasteiger partial charge in [0.2, 0.25) is 11.8 Å². The molecule has 23 heavy (non-hydrogen) atoms. The van der Waals surface area contributed by atoms with Gasteiger partial charge < -0.3 is 15.4 Å². The average molecular weight is 316 g/mol. The van der Waals surface area contributed by atoms with E-state index in [1.165, 1.54) is 7.11 Å². The van der Waals surface area contributed by atoms with Gasteiger partial charge in [0.15, 0.2) is 11.4 Å². The second-order valence-corrected chi connectivity index (χ2v) is 5.77. The number of methoxy groups -OCH3 is 1. The van der Waals surface area contributed by atoms with Crippen LogP contribution in [0.15, 0.2) is 0 Å². The van der Waals surface area contributed by atoms with Crippen LogP contribution in [0, 0.1) is 28.6 Å². The third-order valence-corrected chi connectivity index (χ3v) is 3.76. The van der Waals surface area contributed by atoms with Crippen LogP contribution in [0.4, 0.5) is 11.8 Å². The molecule has 2 N–H and O–H groups in total. The van der Waals surface area contributed by atoms with Gasteiger partial charge in [0.05, 0.1) is 13.2 Å². The molecule has 124 valence electrons. The van der Waals surface area contributed by atoms with Gasteiger partial charge in [-0.2, -0.15) is 20.5 Å². The van der Waals surface area contributed by atoms with Crippen LogP contribution in [-0.2, 0) is 0 Å². The molecule has 0 spiro atoms. The molecule has 0 fully saturated rings. The van der Waals surface area contributed by atoms with E-state index in [4.69, 9.17) is 4.74 Å². The minimum atomic E-state index is -0.820. The zero-order chi connectivity index (χ0) is 17.5. The first-order valence-corrected chi connectivity index (χ1v) is 7.71. The smallest absolute Gasteiger partial charge is 0.238 e. The lowest BCUT2D eigenvalue weighted by Crippen LogP contribution is -2.39. The summed E-state index contributed by atoms with van der Waals surface area (Å²) in [7, 11) is 1.45. The van der Waals surface area contributed by atoms with Gasteiger partial charge in [-0.1, -0.05) is 27.2 Å². The largest absolute Gasteiger partial charge is 0.480 e. The molecule has 1 heterocycles. The number of hydrogen-bond donors (Lipinski definition) is 2. The molecule has 7 nitrogen and oxygen atoms in total. The van der Waals surface area contributed by atoms with Crippen LogP contribution < -0.4 is 15.4 Å². The van der Waals surface area contributed by atoms with Crippen molar-refractivity contribution in [3.05, 3.63) is 5.56 Å². The van der Waals surface area contributed by atoms with Gasteiger partial charge in [-0.15, -0.1) is 0 Å². The lowest BCUT2D eigenvalue weighted by Gasteiger charge is -2.27. The lowest BCUT2D eigenvalue weighted by atomic mass is 9.90. The SMILES string of the molecule is CCCCNc1nc(NC(C)(C#N)C(C)C)nc(OC)c1C#N. The number of hydrogen-bond acceptors (Lipinski definition) is 7. The van der Waals surface area contributed by atoms with Crippen molar-refractivity contribution < 1.29 is 4.74 Å². The Bertz CT molecular complexity index is 616. The summed E-state index contributed by atoms with van der Waals surface area (Å²) in [5.74, 6) is 0.916. The number of unbranched alkanes of at least 4 members (excludes halogenated alkanes) is 1. The summed E-state index contributed by atoms with van der Waals surface area (Å²) >= 11 is 0. The highest BCUT2D eigenvalue weighted by molar-refractivity contribution is 5.60. The maximum Gasteiger partial charge on any atom is 0.238 e. The first-order valence-electron chi connectivity index (χ1n) is 7.71. The predicted molar refractivity (Wildman–Crippen MR) is 89.2 cm³/mol. The van der Waals surface area contributed by atoms with Crippen LogP contribution in [0.2, 0.25) is 0 Å². The summed E-state index contributed by atoms with van der Waals surface area (Å²) < 4.78 is 5.20. The van der Waals surface area contributed by atoms with Gasteiger partial charge in [-0.25, -0.2) is 0 Å². The number of nitrogens with one attached hydrogen (secondary N) is 2. The number of aromatic nitrogens is 2. The van der Waals surface area contributed by atoms with E-state index in [-0.39, 0.29) is 23.3 Å². The molecule has 0 radical (unpaired) electrons. The van der Waals surface area contributed by atoms with E-state index < -0.39 is 5.54 Å². The highest BCUT2D eigenvalue weighted by Crippen LogP contribution is 2.27. The molecule has 0 aliphatic rings. The number of anilines is 2. The Labute approximate surface area is 137 Å². The molecule has 1 unspecified atom stereocenters. The third kappa shape index (κ3) is 4.46. The van der Waals surface area contributed by atoms with Crippen LogP contribution in [0.3, 0.4) is 0 Å². The summed E-state index contributed by atoms with van der Waals surface area (Å²) in [4.78, 5) is 8.56. The van der Waals surface area contributed by atoms with E-state index in [1.54, 1.807) is 6.92 Å². The third-order valence-electron chi connectivity index (χ3n) is 3.76. The zero-order valence-electron chi connectivity index (χ0n) is 14.4. The molecule has 1 aromatic heterocycles. The minimum Gasteiger partial charge on any atom is -0.480 e. The van der Waals surface area contributed by atoms with Crippen molar-refractivity contribution >= 4 is 11.8 Å². The van der Waals surface area contributed by atoms with Gasteiger partial charge in [0.1, 0.15) is 11.6 Å². The first kappa shape index (κ1) is 18.5. The van der Waals surface area contributed by atoms with Gasteiger partial charge in [-0.3, -0.25) is 0 Å². The zero-order valence-corrected chi connectivity index (χ0v) is 14.4. The van der Waals surface area contributed by atoms with E-state index in [2.05, 4.69) is 39.7 Å². The molecule has 1 aromatic rings. The van der Waals surface area contributed by atoms with Gasteiger partial charge in [-0.05, 0) is 19.3 Å². The maximum atomic E-state index is 9.42. The monoisotopic (exact) mass is 316 g/mol. The van der Waals surface area contributed by atoms with Crippen LogP contribution in [0.25, 0.3) is 0 Å². The summed E-state index contributed by atoms with van der Waals surface area (Å²) in [6, 6.07) is 4.31. The van der Waals surface area contributed by atoms with E-state index in [9.17, 15) is 10.5 Å².